The first kappa shape index (κ1) is 18.5. The molecule has 0 aliphatic rings. The topological polar surface area (TPSA) is 144 Å². The molecule has 2 amide bonds. The van der Waals surface area contributed by atoms with Gasteiger partial charge in [-0.05, 0) is 30.3 Å². The van der Waals surface area contributed by atoms with Crippen LogP contribution in [0.25, 0.3) is 0 Å². The Labute approximate surface area is 147 Å². The number of carbonyl (C=O) groups excluding carboxylic acids is 2. The average Bonchev–Trinajstić information content (AvgIpc) is 2.62. The lowest BCUT2D eigenvalue weighted by Gasteiger charge is -2.08. The number of nitrogens with zero attached hydrogens (tertiary/aromatic N) is 2. The molecule has 0 heterocycles. The van der Waals surface area contributed by atoms with Gasteiger partial charge in [0.15, 0.2) is 0 Å². The SMILES string of the molecule is CCC(=O)Nc1ccc(NC(=O)c2ccc([N+](=O)[O-])cc2[N+](=O)[O-])cc1. The summed E-state index contributed by atoms with van der Waals surface area (Å²) in [6.45, 7) is 1.71. The van der Waals surface area contributed by atoms with E-state index < -0.39 is 27.1 Å². The molecule has 2 rings (SSSR count). The van der Waals surface area contributed by atoms with Gasteiger partial charge in [-0.3, -0.25) is 29.8 Å². The summed E-state index contributed by atoms with van der Waals surface area (Å²) in [5.74, 6) is -0.944. The van der Waals surface area contributed by atoms with Gasteiger partial charge in [0.1, 0.15) is 5.56 Å². The number of carbonyl (C=O) groups is 2. The molecule has 0 fully saturated rings. The number of amides is 2. The fourth-order valence-electron chi connectivity index (χ4n) is 2.06. The van der Waals surface area contributed by atoms with Crippen LogP contribution >= 0.6 is 0 Å². The summed E-state index contributed by atoms with van der Waals surface area (Å²) in [4.78, 5) is 43.8. The van der Waals surface area contributed by atoms with E-state index in [1.54, 1.807) is 19.1 Å². The van der Waals surface area contributed by atoms with Crippen LogP contribution in [-0.2, 0) is 4.79 Å². The second-order valence-corrected chi connectivity index (χ2v) is 5.15. The Balaban J connectivity index is 2.20. The molecule has 2 aromatic carbocycles. The molecule has 26 heavy (non-hydrogen) atoms. The van der Waals surface area contributed by atoms with Crippen molar-refractivity contribution >= 4 is 34.6 Å². The van der Waals surface area contributed by atoms with E-state index in [1.165, 1.54) is 12.1 Å². The van der Waals surface area contributed by atoms with Crippen LogP contribution in [0.5, 0.6) is 0 Å². The Kier molecular flexibility index (Phi) is 5.58. The minimum Gasteiger partial charge on any atom is -0.326 e. The van der Waals surface area contributed by atoms with E-state index in [4.69, 9.17) is 0 Å². The smallest absolute Gasteiger partial charge is 0.289 e. The maximum atomic E-state index is 12.3. The van der Waals surface area contributed by atoms with E-state index >= 15 is 0 Å². The third-order valence-electron chi connectivity index (χ3n) is 3.38. The summed E-state index contributed by atoms with van der Waals surface area (Å²) in [5, 5.41) is 26.9. The Morgan fingerprint density at radius 1 is 0.923 bits per heavy atom. The Morgan fingerprint density at radius 3 is 2.00 bits per heavy atom. The standard InChI is InChI=1S/C16H14N4O6/c1-2-15(21)17-10-3-5-11(6-4-10)18-16(22)13-8-7-12(19(23)24)9-14(13)20(25)26/h3-9H,2H2,1H3,(H,17,21)(H,18,22). The van der Waals surface area contributed by atoms with Crippen LogP contribution in [0.3, 0.4) is 0 Å². The van der Waals surface area contributed by atoms with Gasteiger partial charge in [0, 0.05) is 23.9 Å². The fourth-order valence-corrected chi connectivity index (χ4v) is 2.06. The van der Waals surface area contributed by atoms with Crippen LogP contribution in [0.4, 0.5) is 22.7 Å². The minimum absolute atomic E-state index is 0.164. The van der Waals surface area contributed by atoms with E-state index in [0.29, 0.717) is 17.8 Å². The van der Waals surface area contributed by atoms with E-state index in [9.17, 15) is 29.8 Å². The van der Waals surface area contributed by atoms with Crippen LogP contribution in [0.15, 0.2) is 42.5 Å². The van der Waals surface area contributed by atoms with E-state index in [1.807, 2.05) is 0 Å². The first-order valence-electron chi connectivity index (χ1n) is 7.46. The highest BCUT2D eigenvalue weighted by Crippen LogP contribution is 2.25. The zero-order valence-electron chi connectivity index (χ0n) is 13.6. The van der Waals surface area contributed by atoms with Gasteiger partial charge in [0.25, 0.3) is 17.3 Å². The monoisotopic (exact) mass is 358 g/mol. The lowest BCUT2D eigenvalue weighted by Crippen LogP contribution is -2.14. The molecule has 134 valence electrons. The number of nitro groups is 2. The molecule has 10 nitrogen and oxygen atoms in total. The van der Waals surface area contributed by atoms with E-state index in [-0.39, 0.29) is 11.5 Å². The molecular formula is C16H14N4O6. The largest absolute Gasteiger partial charge is 0.326 e. The van der Waals surface area contributed by atoms with Crippen LogP contribution in [-0.4, -0.2) is 21.7 Å². The van der Waals surface area contributed by atoms with Crippen molar-refractivity contribution in [3.05, 3.63) is 68.3 Å². The van der Waals surface area contributed by atoms with Crippen LogP contribution < -0.4 is 10.6 Å². The number of non-ortho nitro benzene ring substituents is 1. The number of nitro benzene ring substituents is 2. The van der Waals surface area contributed by atoms with Gasteiger partial charge in [-0.15, -0.1) is 0 Å². The predicted octanol–water partition coefficient (Wildman–Crippen LogP) is 3.10. The Bertz CT molecular complexity index is 879. The Morgan fingerprint density at radius 2 is 1.50 bits per heavy atom. The van der Waals surface area contributed by atoms with Gasteiger partial charge in [0.2, 0.25) is 5.91 Å². The Hall–Kier alpha value is -3.82. The molecule has 0 bridgehead atoms. The lowest BCUT2D eigenvalue weighted by atomic mass is 10.1. The van der Waals surface area contributed by atoms with Gasteiger partial charge >= 0.3 is 0 Å². The van der Waals surface area contributed by atoms with Gasteiger partial charge in [-0.1, -0.05) is 6.92 Å². The van der Waals surface area contributed by atoms with Gasteiger partial charge in [-0.2, -0.15) is 0 Å². The van der Waals surface area contributed by atoms with Gasteiger partial charge < -0.3 is 10.6 Å². The van der Waals surface area contributed by atoms with Crippen molar-refractivity contribution in [2.24, 2.45) is 0 Å². The van der Waals surface area contributed by atoms with Gasteiger partial charge in [0.05, 0.1) is 15.9 Å². The summed E-state index contributed by atoms with van der Waals surface area (Å²) in [6, 6.07) is 8.94. The van der Waals surface area contributed by atoms with Gasteiger partial charge in [-0.25, -0.2) is 0 Å². The highest BCUT2D eigenvalue weighted by molar-refractivity contribution is 6.07. The normalized spacial score (nSPS) is 10.0. The number of nitrogens with one attached hydrogen (secondary N) is 2. The molecule has 10 heteroatoms. The molecule has 0 aromatic heterocycles. The summed E-state index contributed by atoms with van der Waals surface area (Å²) in [6.07, 6.45) is 0.322. The number of benzene rings is 2. The summed E-state index contributed by atoms with van der Waals surface area (Å²) in [7, 11) is 0. The molecule has 2 N–H and O–H groups in total. The second-order valence-electron chi connectivity index (χ2n) is 5.15. The lowest BCUT2D eigenvalue weighted by molar-refractivity contribution is -0.394. The highest BCUT2D eigenvalue weighted by Gasteiger charge is 2.24. The van der Waals surface area contributed by atoms with Crippen molar-refractivity contribution in [2.45, 2.75) is 13.3 Å². The van der Waals surface area contributed by atoms with Crippen molar-refractivity contribution in [3.63, 3.8) is 0 Å². The summed E-state index contributed by atoms with van der Waals surface area (Å²) < 4.78 is 0. The van der Waals surface area contributed by atoms with E-state index in [0.717, 1.165) is 18.2 Å². The molecule has 0 unspecified atom stereocenters. The zero-order chi connectivity index (χ0) is 19.3. The van der Waals surface area contributed by atoms with Crippen molar-refractivity contribution < 1.29 is 19.4 Å². The average molecular weight is 358 g/mol. The van der Waals surface area contributed by atoms with Crippen molar-refractivity contribution in [1.82, 2.24) is 0 Å². The maximum absolute atomic E-state index is 12.3. The number of rotatable bonds is 6. The molecule has 0 aliphatic carbocycles. The third kappa shape index (κ3) is 4.38. The molecule has 0 atom stereocenters. The predicted molar refractivity (Wildman–Crippen MR) is 93.1 cm³/mol. The summed E-state index contributed by atoms with van der Waals surface area (Å²) in [5.41, 5.74) is -0.565. The summed E-state index contributed by atoms with van der Waals surface area (Å²) >= 11 is 0. The third-order valence-corrected chi connectivity index (χ3v) is 3.38. The number of hydrogen-bond donors (Lipinski definition) is 2. The quantitative estimate of drug-likeness (QED) is 0.599. The fraction of sp³-hybridized carbons (Fsp3) is 0.125. The number of anilines is 2. The first-order chi connectivity index (χ1) is 12.3. The second kappa shape index (κ2) is 7.83. The van der Waals surface area contributed by atoms with E-state index in [2.05, 4.69) is 10.6 Å². The molecule has 0 spiro atoms. The molecule has 0 saturated heterocycles. The van der Waals surface area contributed by atoms with Crippen molar-refractivity contribution in [2.75, 3.05) is 10.6 Å². The number of hydrogen-bond acceptors (Lipinski definition) is 6. The van der Waals surface area contributed by atoms with Crippen LogP contribution in [0.2, 0.25) is 0 Å². The zero-order valence-corrected chi connectivity index (χ0v) is 13.6. The van der Waals surface area contributed by atoms with Crippen LogP contribution in [0.1, 0.15) is 23.7 Å². The molecule has 0 aliphatic heterocycles. The van der Waals surface area contributed by atoms with Crippen molar-refractivity contribution in [3.8, 4) is 0 Å². The maximum Gasteiger partial charge on any atom is 0.289 e. The van der Waals surface area contributed by atoms with Crippen LogP contribution in [0, 0.1) is 20.2 Å². The molecular weight excluding hydrogens is 344 g/mol. The van der Waals surface area contributed by atoms with Crippen molar-refractivity contribution in [1.29, 1.82) is 0 Å². The molecule has 0 radical (unpaired) electrons. The highest BCUT2D eigenvalue weighted by atomic mass is 16.6. The molecule has 2 aromatic rings. The molecule has 0 saturated carbocycles. The first-order valence-corrected chi connectivity index (χ1v) is 7.46. The minimum atomic E-state index is -0.856.